The quantitative estimate of drug-likeness (QED) is 0.834. The summed E-state index contributed by atoms with van der Waals surface area (Å²) in [5.74, 6) is 0.229. The van der Waals surface area contributed by atoms with E-state index in [1.54, 1.807) is 31.3 Å². The third-order valence-electron chi connectivity index (χ3n) is 2.96. The highest BCUT2D eigenvalue weighted by molar-refractivity contribution is 7.88. The van der Waals surface area contributed by atoms with E-state index in [0.717, 1.165) is 0 Å². The van der Waals surface area contributed by atoms with Crippen LogP contribution in [0.15, 0.2) is 30.5 Å². The van der Waals surface area contributed by atoms with E-state index in [1.165, 1.54) is 10.9 Å². The molecule has 1 heterocycles. The lowest BCUT2D eigenvalue weighted by molar-refractivity contribution is 0.580. The summed E-state index contributed by atoms with van der Waals surface area (Å²) in [4.78, 5) is 0. The molecule has 0 radical (unpaired) electrons. The van der Waals surface area contributed by atoms with Crippen molar-refractivity contribution in [1.29, 1.82) is 5.26 Å². The molecule has 21 heavy (non-hydrogen) atoms. The molecule has 0 aliphatic heterocycles. The molecule has 110 valence electrons. The molecule has 0 amide bonds. The van der Waals surface area contributed by atoms with Crippen LogP contribution in [0.25, 0.3) is 0 Å². The van der Waals surface area contributed by atoms with E-state index in [1.807, 2.05) is 6.07 Å². The zero-order chi connectivity index (χ0) is 15.5. The van der Waals surface area contributed by atoms with Crippen molar-refractivity contribution in [3.63, 3.8) is 0 Å². The minimum absolute atomic E-state index is 0.0833. The maximum Gasteiger partial charge on any atom is 0.216 e. The number of nitrogens with two attached hydrogens (primary N) is 1. The van der Waals surface area contributed by atoms with E-state index >= 15 is 0 Å². The van der Waals surface area contributed by atoms with Gasteiger partial charge in [0, 0.05) is 19.2 Å². The lowest BCUT2D eigenvalue weighted by atomic mass is 10.2. The molecule has 2 rings (SSSR count). The van der Waals surface area contributed by atoms with Gasteiger partial charge in [0.25, 0.3) is 0 Å². The van der Waals surface area contributed by atoms with E-state index in [4.69, 9.17) is 11.0 Å². The Morgan fingerprint density at radius 2 is 2.24 bits per heavy atom. The van der Waals surface area contributed by atoms with Crippen molar-refractivity contribution in [2.24, 2.45) is 7.05 Å². The zero-order valence-corrected chi connectivity index (χ0v) is 12.3. The topological polar surface area (TPSA) is 114 Å². The standard InChI is InChI=1S/C13H15N5O2S/c1-18-13(15)12(7-16-18)8-17-21(19,20)9-11-4-2-3-10(5-11)6-14/h2-5,7,17H,8-9,15H2,1H3. The first-order valence-corrected chi connectivity index (χ1v) is 7.79. The maximum absolute atomic E-state index is 12.0. The van der Waals surface area contributed by atoms with Gasteiger partial charge in [0.15, 0.2) is 0 Å². The number of benzene rings is 1. The highest BCUT2D eigenvalue weighted by Crippen LogP contribution is 2.11. The van der Waals surface area contributed by atoms with Crippen LogP contribution in [0.2, 0.25) is 0 Å². The Morgan fingerprint density at radius 3 is 2.86 bits per heavy atom. The van der Waals surface area contributed by atoms with Crippen molar-refractivity contribution in [2.75, 3.05) is 5.73 Å². The van der Waals surface area contributed by atoms with Crippen molar-refractivity contribution < 1.29 is 8.42 Å². The summed E-state index contributed by atoms with van der Waals surface area (Å²) >= 11 is 0. The van der Waals surface area contributed by atoms with Crippen molar-refractivity contribution in [1.82, 2.24) is 14.5 Å². The molecule has 1 aromatic heterocycles. The number of hydrogen-bond acceptors (Lipinski definition) is 5. The van der Waals surface area contributed by atoms with Crippen LogP contribution in [0.4, 0.5) is 5.82 Å². The van der Waals surface area contributed by atoms with Crippen LogP contribution < -0.4 is 10.5 Å². The van der Waals surface area contributed by atoms with Gasteiger partial charge in [-0.2, -0.15) is 10.4 Å². The van der Waals surface area contributed by atoms with E-state index in [0.29, 0.717) is 22.5 Å². The zero-order valence-electron chi connectivity index (χ0n) is 11.4. The predicted octanol–water partition coefficient (Wildman–Crippen LogP) is 0.494. The number of nitriles is 1. The van der Waals surface area contributed by atoms with Crippen LogP contribution in [0.5, 0.6) is 0 Å². The first-order valence-electron chi connectivity index (χ1n) is 6.14. The monoisotopic (exact) mass is 305 g/mol. The van der Waals surface area contributed by atoms with Gasteiger partial charge in [-0.1, -0.05) is 12.1 Å². The van der Waals surface area contributed by atoms with Crippen LogP contribution in [0, 0.1) is 11.3 Å². The van der Waals surface area contributed by atoms with Crippen LogP contribution in [0.1, 0.15) is 16.7 Å². The van der Waals surface area contributed by atoms with Crippen molar-refractivity contribution >= 4 is 15.8 Å². The lowest BCUT2D eigenvalue weighted by Gasteiger charge is -2.07. The van der Waals surface area contributed by atoms with Crippen molar-refractivity contribution in [2.45, 2.75) is 12.3 Å². The smallest absolute Gasteiger partial charge is 0.216 e. The molecule has 0 saturated heterocycles. The van der Waals surface area contributed by atoms with E-state index in [-0.39, 0.29) is 12.3 Å². The van der Waals surface area contributed by atoms with Gasteiger partial charge in [0.05, 0.1) is 23.6 Å². The number of aromatic nitrogens is 2. The van der Waals surface area contributed by atoms with Gasteiger partial charge in [0.1, 0.15) is 5.82 Å². The molecule has 3 N–H and O–H groups in total. The van der Waals surface area contributed by atoms with Crippen molar-refractivity contribution in [3.05, 3.63) is 47.2 Å². The molecule has 2 aromatic rings. The molecule has 0 fully saturated rings. The maximum atomic E-state index is 12.0. The molecule has 0 unspecified atom stereocenters. The average molecular weight is 305 g/mol. The summed E-state index contributed by atoms with van der Waals surface area (Å²) in [6.07, 6.45) is 1.52. The third kappa shape index (κ3) is 3.81. The van der Waals surface area contributed by atoms with Gasteiger partial charge in [-0.15, -0.1) is 0 Å². The first kappa shape index (κ1) is 15.0. The largest absolute Gasteiger partial charge is 0.384 e. The summed E-state index contributed by atoms with van der Waals surface area (Å²) in [5, 5.41) is 12.8. The Labute approximate surface area is 123 Å². The fourth-order valence-electron chi connectivity index (χ4n) is 1.82. The van der Waals surface area contributed by atoms with Gasteiger partial charge in [0.2, 0.25) is 10.0 Å². The van der Waals surface area contributed by atoms with Gasteiger partial charge < -0.3 is 5.73 Å². The fourth-order valence-corrected chi connectivity index (χ4v) is 2.91. The second-order valence-electron chi connectivity index (χ2n) is 4.57. The van der Waals surface area contributed by atoms with Crippen LogP contribution in [-0.4, -0.2) is 18.2 Å². The molecule has 1 aromatic carbocycles. The Bertz CT molecular complexity index is 789. The molecule has 0 atom stereocenters. The molecule has 0 saturated carbocycles. The molecular weight excluding hydrogens is 290 g/mol. The molecular formula is C13H15N5O2S. The number of aryl methyl sites for hydroxylation is 1. The average Bonchev–Trinajstić information content (AvgIpc) is 2.76. The Morgan fingerprint density at radius 1 is 1.48 bits per heavy atom. The van der Waals surface area contributed by atoms with Gasteiger partial charge >= 0.3 is 0 Å². The van der Waals surface area contributed by atoms with Crippen LogP contribution >= 0.6 is 0 Å². The first-order chi connectivity index (χ1) is 9.91. The van der Waals surface area contributed by atoms with Crippen LogP contribution in [-0.2, 0) is 29.4 Å². The second-order valence-corrected chi connectivity index (χ2v) is 6.38. The highest BCUT2D eigenvalue weighted by Gasteiger charge is 2.13. The van der Waals surface area contributed by atoms with E-state index < -0.39 is 10.0 Å². The second kappa shape index (κ2) is 5.95. The Balaban J connectivity index is 2.05. The molecule has 7 nitrogen and oxygen atoms in total. The molecule has 0 bridgehead atoms. The number of nitrogen functional groups attached to an aromatic ring is 1. The summed E-state index contributed by atoms with van der Waals surface area (Å²) in [7, 11) is -1.84. The number of rotatable bonds is 5. The number of nitrogens with one attached hydrogen (secondary N) is 1. The van der Waals surface area contributed by atoms with Gasteiger partial charge in [-0.25, -0.2) is 13.1 Å². The number of anilines is 1. The minimum Gasteiger partial charge on any atom is -0.384 e. The SMILES string of the molecule is Cn1ncc(CNS(=O)(=O)Cc2cccc(C#N)c2)c1N. The summed E-state index contributed by atoms with van der Waals surface area (Å²) in [6.45, 7) is 0.0833. The Kier molecular flexibility index (Phi) is 4.26. The number of hydrogen-bond donors (Lipinski definition) is 2. The molecule has 0 aliphatic rings. The van der Waals surface area contributed by atoms with Crippen LogP contribution in [0.3, 0.4) is 0 Å². The van der Waals surface area contributed by atoms with Gasteiger partial charge in [-0.05, 0) is 17.7 Å². The normalized spacial score (nSPS) is 11.2. The predicted molar refractivity (Wildman–Crippen MR) is 78.2 cm³/mol. The molecule has 0 aliphatic carbocycles. The van der Waals surface area contributed by atoms with E-state index in [9.17, 15) is 8.42 Å². The summed E-state index contributed by atoms with van der Waals surface area (Å²) in [5.41, 5.74) is 7.36. The summed E-state index contributed by atoms with van der Waals surface area (Å²) in [6, 6.07) is 8.48. The summed E-state index contributed by atoms with van der Waals surface area (Å²) < 4.78 is 28.0. The van der Waals surface area contributed by atoms with E-state index in [2.05, 4.69) is 9.82 Å². The molecule has 8 heteroatoms. The number of sulfonamides is 1. The lowest BCUT2D eigenvalue weighted by Crippen LogP contribution is -2.25. The van der Waals surface area contributed by atoms with Crippen molar-refractivity contribution in [3.8, 4) is 6.07 Å². The highest BCUT2D eigenvalue weighted by atomic mass is 32.2. The third-order valence-corrected chi connectivity index (χ3v) is 4.26. The minimum atomic E-state index is -3.52. The molecule has 0 spiro atoms. The Hall–Kier alpha value is -2.37. The number of nitrogens with zero attached hydrogens (tertiary/aromatic N) is 3. The fraction of sp³-hybridized carbons (Fsp3) is 0.231. The van der Waals surface area contributed by atoms with Gasteiger partial charge in [-0.3, -0.25) is 4.68 Å².